The van der Waals surface area contributed by atoms with E-state index < -0.39 is 0 Å². The van der Waals surface area contributed by atoms with Crippen LogP contribution >= 0.6 is 15.9 Å². The standard InChI is InChI=1S/C12H17BrN2/c1-2-10-9-15(8-7-14-10)12-6-4-3-5-11(12)13/h3-6,10,14H,2,7-9H2,1H3. The molecule has 0 aromatic heterocycles. The van der Waals surface area contributed by atoms with Crippen LogP contribution in [0.4, 0.5) is 5.69 Å². The highest BCUT2D eigenvalue weighted by atomic mass is 79.9. The Bertz CT molecular complexity index is 327. The van der Waals surface area contributed by atoms with Crippen LogP contribution in [-0.2, 0) is 0 Å². The maximum absolute atomic E-state index is 3.61. The van der Waals surface area contributed by atoms with E-state index in [2.05, 4.69) is 57.3 Å². The van der Waals surface area contributed by atoms with Crippen molar-refractivity contribution in [3.05, 3.63) is 28.7 Å². The predicted molar refractivity (Wildman–Crippen MR) is 68.4 cm³/mol. The zero-order valence-electron chi connectivity index (χ0n) is 9.04. The molecule has 1 heterocycles. The Balaban J connectivity index is 2.13. The van der Waals surface area contributed by atoms with Crippen molar-refractivity contribution in [2.45, 2.75) is 19.4 Å². The second-order valence-corrected chi connectivity index (χ2v) is 4.81. The lowest BCUT2D eigenvalue weighted by Crippen LogP contribution is -2.50. The molecule has 1 N–H and O–H groups in total. The van der Waals surface area contributed by atoms with Gasteiger partial charge in [0.05, 0.1) is 5.69 Å². The van der Waals surface area contributed by atoms with E-state index in [9.17, 15) is 0 Å². The summed E-state index contributed by atoms with van der Waals surface area (Å²) in [5.74, 6) is 0. The third-order valence-electron chi connectivity index (χ3n) is 2.94. The number of nitrogens with one attached hydrogen (secondary N) is 1. The third kappa shape index (κ3) is 2.52. The molecule has 0 amide bonds. The van der Waals surface area contributed by atoms with Crippen molar-refractivity contribution < 1.29 is 0 Å². The Morgan fingerprint density at radius 2 is 2.27 bits per heavy atom. The molecular weight excluding hydrogens is 252 g/mol. The summed E-state index contributed by atoms with van der Waals surface area (Å²) in [6, 6.07) is 9.09. The van der Waals surface area contributed by atoms with Gasteiger partial charge >= 0.3 is 0 Å². The molecule has 1 unspecified atom stereocenters. The van der Waals surface area contributed by atoms with Gasteiger partial charge in [-0.25, -0.2) is 0 Å². The van der Waals surface area contributed by atoms with Gasteiger partial charge in [0.15, 0.2) is 0 Å². The first-order valence-electron chi connectivity index (χ1n) is 5.54. The van der Waals surface area contributed by atoms with Gasteiger partial charge in [0.25, 0.3) is 0 Å². The summed E-state index contributed by atoms with van der Waals surface area (Å²) >= 11 is 3.61. The molecule has 0 aliphatic carbocycles. The molecule has 82 valence electrons. The van der Waals surface area contributed by atoms with Crippen molar-refractivity contribution in [2.24, 2.45) is 0 Å². The van der Waals surface area contributed by atoms with Crippen LogP contribution in [0, 0.1) is 0 Å². The van der Waals surface area contributed by atoms with Crippen molar-refractivity contribution in [1.29, 1.82) is 0 Å². The molecule has 1 aliphatic rings. The molecule has 1 atom stereocenters. The molecule has 0 spiro atoms. The molecule has 1 aliphatic heterocycles. The van der Waals surface area contributed by atoms with Crippen LogP contribution in [-0.4, -0.2) is 25.7 Å². The average molecular weight is 269 g/mol. The lowest BCUT2D eigenvalue weighted by molar-refractivity contribution is 0.447. The van der Waals surface area contributed by atoms with Crippen molar-refractivity contribution in [3.8, 4) is 0 Å². The lowest BCUT2D eigenvalue weighted by atomic mass is 10.1. The van der Waals surface area contributed by atoms with Crippen LogP contribution in [0.3, 0.4) is 0 Å². The second-order valence-electron chi connectivity index (χ2n) is 3.96. The van der Waals surface area contributed by atoms with Gasteiger partial charge in [-0.1, -0.05) is 19.1 Å². The van der Waals surface area contributed by atoms with E-state index in [0.29, 0.717) is 6.04 Å². The largest absolute Gasteiger partial charge is 0.368 e. The summed E-state index contributed by atoms with van der Waals surface area (Å²) in [5, 5.41) is 3.53. The number of anilines is 1. The first-order chi connectivity index (χ1) is 7.31. The van der Waals surface area contributed by atoms with E-state index >= 15 is 0 Å². The van der Waals surface area contributed by atoms with Gasteiger partial charge in [-0.15, -0.1) is 0 Å². The van der Waals surface area contributed by atoms with Gasteiger partial charge < -0.3 is 10.2 Å². The number of hydrogen-bond donors (Lipinski definition) is 1. The Morgan fingerprint density at radius 1 is 1.47 bits per heavy atom. The van der Waals surface area contributed by atoms with Gasteiger partial charge in [-0.05, 0) is 34.5 Å². The summed E-state index contributed by atoms with van der Waals surface area (Å²) in [6.07, 6.45) is 1.20. The second kappa shape index (κ2) is 4.99. The highest BCUT2D eigenvalue weighted by Gasteiger charge is 2.18. The molecule has 1 aromatic rings. The van der Waals surface area contributed by atoms with Crippen LogP contribution in [0.15, 0.2) is 28.7 Å². The average Bonchev–Trinajstić information content (AvgIpc) is 2.30. The first-order valence-corrected chi connectivity index (χ1v) is 6.33. The number of benzene rings is 1. The lowest BCUT2D eigenvalue weighted by Gasteiger charge is -2.35. The maximum Gasteiger partial charge on any atom is 0.0511 e. The minimum absolute atomic E-state index is 0.630. The number of nitrogens with zero attached hydrogens (tertiary/aromatic N) is 1. The molecule has 0 saturated carbocycles. The quantitative estimate of drug-likeness (QED) is 0.888. The zero-order valence-corrected chi connectivity index (χ0v) is 10.6. The van der Waals surface area contributed by atoms with Gasteiger partial charge in [0.1, 0.15) is 0 Å². The Kier molecular flexibility index (Phi) is 3.65. The summed E-state index contributed by atoms with van der Waals surface area (Å²) < 4.78 is 1.20. The van der Waals surface area contributed by atoms with Gasteiger partial charge in [0.2, 0.25) is 0 Å². The molecule has 1 fully saturated rings. The van der Waals surface area contributed by atoms with Crippen molar-refractivity contribution in [3.63, 3.8) is 0 Å². The van der Waals surface area contributed by atoms with Crippen molar-refractivity contribution >= 4 is 21.6 Å². The van der Waals surface area contributed by atoms with Crippen LogP contribution < -0.4 is 10.2 Å². The van der Waals surface area contributed by atoms with Crippen LogP contribution in [0.25, 0.3) is 0 Å². The summed E-state index contributed by atoms with van der Waals surface area (Å²) in [5.41, 5.74) is 1.32. The number of rotatable bonds is 2. The topological polar surface area (TPSA) is 15.3 Å². The Hall–Kier alpha value is -0.540. The van der Waals surface area contributed by atoms with E-state index in [4.69, 9.17) is 0 Å². The number of halogens is 1. The fourth-order valence-electron chi connectivity index (χ4n) is 2.03. The van der Waals surface area contributed by atoms with E-state index in [1.54, 1.807) is 0 Å². The normalized spacial score (nSPS) is 21.7. The highest BCUT2D eigenvalue weighted by molar-refractivity contribution is 9.10. The molecule has 15 heavy (non-hydrogen) atoms. The minimum atomic E-state index is 0.630. The highest BCUT2D eigenvalue weighted by Crippen LogP contribution is 2.26. The molecule has 1 saturated heterocycles. The third-order valence-corrected chi connectivity index (χ3v) is 3.61. The smallest absolute Gasteiger partial charge is 0.0511 e. The van der Waals surface area contributed by atoms with E-state index in [1.165, 1.54) is 16.6 Å². The van der Waals surface area contributed by atoms with Crippen molar-refractivity contribution in [2.75, 3.05) is 24.5 Å². The SMILES string of the molecule is CCC1CN(c2ccccc2Br)CCN1. The molecule has 0 radical (unpaired) electrons. The van der Waals surface area contributed by atoms with Crippen molar-refractivity contribution in [1.82, 2.24) is 5.32 Å². The molecule has 2 nitrogen and oxygen atoms in total. The van der Waals surface area contributed by atoms with Crippen LogP contribution in [0.1, 0.15) is 13.3 Å². The van der Waals surface area contributed by atoms with Gasteiger partial charge in [-0.3, -0.25) is 0 Å². The monoisotopic (exact) mass is 268 g/mol. The fraction of sp³-hybridized carbons (Fsp3) is 0.500. The van der Waals surface area contributed by atoms with Gasteiger partial charge in [-0.2, -0.15) is 0 Å². The maximum atomic E-state index is 3.61. The zero-order chi connectivity index (χ0) is 10.7. The Labute approximate surface area is 99.8 Å². The molecule has 0 bridgehead atoms. The van der Waals surface area contributed by atoms with Gasteiger partial charge in [0, 0.05) is 30.1 Å². The number of piperazine rings is 1. The van der Waals surface area contributed by atoms with Crippen LogP contribution in [0.2, 0.25) is 0 Å². The number of para-hydroxylation sites is 1. The number of hydrogen-bond acceptors (Lipinski definition) is 2. The summed E-state index contributed by atoms with van der Waals surface area (Å²) in [6.45, 7) is 5.53. The summed E-state index contributed by atoms with van der Waals surface area (Å²) in [4.78, 5) is 2.45. The van der Waals surface area contributed by atoms with E-state index in [0.717, 1.165) is 19.6 Å². The predicted octanol–water partition coefficient (Wildman–Crippen LogP) is 2.64. The van der Waals surface area contributed by atoms with Crippen LogP contribution in [0.5, 0.6) is 0 Å². The Morgan fingerprint density at radius 3 is 3.00 bits per heavy atom. The minimum Gasteiger partial charge on any atom is -0.368 e. The molecule has 1 aromatic carbocycles. The van der Waals surface area contributed by atoms with E-state index in [1.807, 2.05) is 0 Å². The first kappa shape index (κ1) is 11.0. The van der Waals surface area contributed by atoms with E-state index in [-0.39, 0.29) is 0 Å². The molecular formula is C12H17BrN2. The molecule has 2 rings (SSSR count). The molecule has 3 heteroatoms. The fourth-order valence-corrected chi connectivity index (χ4v) is 2.56. The summed E-state index contributed by atoms with van der Waals surface area (Å²) in [7, 11) is 0.